The maximum Gasteiger partial charge on any atom is 0.0622 e. The predicted molar refractivity (Wildman–Crippen MR) is 80.3 cm³/mol. The van der Waals surface area contributed by atoms with E-state index in [4.69, 9.17) is 4.74 Å². The number of fused-ring (bicyclic) bond motifs is 1. The SMILES string of the molecule is CCOCC(NCc1c[nH]c2ccccc12)C(C)C. The Morgan fingerprint density at radius 2 is 2.05 bits per heavy atom. The molecule has 2 aromatic rings. The molecule has 19 heavy (non-hydrogen) atoms. The van der Waals surface area contributed by atoms with Gasteiger partial charge in [-0.05, 0) is 24.5 Å². The molecule has 0 saturated carbocycles. The van der Waals surface area contributed by atoms with Crippen LogP contribution in [0.1, 0.15) is 26.3 Å². The summed E-state index contributed by atoms with van der Waals surface area (Å²) in [4.78, 5) is 3.31. The summed E-state index contributed by atoms with van der Waals surface area (Å²) in [6.45, 7) is 8.92. The van der Waals surface area contributed by atoms with Gasteiger partial charge >= 0.3 is 0 Å². The molecule has 0 radical (unpaired) electrons. The van der Waals surface area contributed by atoms with Crippen molar-refractivity contribution < 1.29 is 4.74 Å². The third-order valence-electron chi connectivity index (χ3n) is 3.54. The molecule has 0 aliphatic carbocycles. The van der Waals surface area contributed by atoms with E-state index < -0.39 is 0 Å². The van der Waals surface area contributed by atoms with Crippen molar-refractivity contribution in [1.82, 2.24) is 10.3 Å². The molecule has 1 atom stereocenters. The van der Waals surface area contributed by atoms with E-state index in [0.717, 1.165) is 19.8 Å². The number of rotatable bonds is 7. The first kappa shape index (κ1) is 14.1. The van der Waals surface area contributed by atoms with Gasteiger partial charge in [0.25, 0.3) is 0 Å². The van der Waals surface area contributed by atoms with Gasteiger partial charge in [0.15, 0.2) is 0 Å². The Morgan fingerprint density at radius 3 is 2.79 bits per heavy atom. The zero-order valence-electron chi connectivity index (χ0n) is 12.1. The van der Waals surface area contributed by atoms with Gasteiger partial charge in [0.05, 0.1) is 6.61 Å². The molecule has 2 rings (SSSR count). The smallest absolute Gasteiger partial charge is 0.0622 e. The summed E-state index contributed by atoms with van der Waals surface area (Å²) in [5.41, 5.74) is 2.52. The highest BCUT2D eigenvalue weighted by atomic mass is 16.5. The first-order valence-corrected chi connectivity index (χ1v) is 7.08. The maximum absolute atomic E-state index is 5.54. The molecule has 0 amide bonds. The number of aromatic nitrogens is 1. The van der Waals surface area contributed by atoms with E-state index in [-0.39, 0.29) is 0 Å². The van der Waals surface area contributed by atoms with E-state index in [1.807, 2.05) is 6.92 Å². The van der Waals surface area contributed by atoms with Crippen molar-refractivity contribution >= 4 is 10.9 Å². The molecule has 3 nitrogen and oxygen atoms in total. The highest BCUT2D eigenvalue weighted by molar-refractivity contribution is 5.82. The Morgan fingerprint density at radius 1 is 1.26 bits per heavy atom. The molecule has 104 valence electrons. The molecule has 3 heteroatoms. The Balaban J connectivity index is 2.00. The third kappa shape index (κ3) is 3.58. The average molecular weight is 260 g/mol. The number of ether oxygens (including phenoxy) is 1. The molecule has 2 N–H and O–H groups in total. The lowest BCUT2D eigenvalue weighted by Gasteiger charge is -2.22. The third-order valence-corrected chi connectivity index (χ3v) is 3.54. The molecule has 1 heterocycles. The van der Waals surface area contributed by atoms with E-state index >= 15 is 0 Å². The molecule has 1 aromatic carbocycles. The Bertz CT molecular complexity index is 504. The summed E-state index contributed by atoms with van der Waals surface area (Å²) in [5, 5.41) is 4.90. The van der Waals surface area contributed by atoms with Crippen LogP contribution >= 0.6 is 0 Å². The van der Waals surface area contributed by atoms with E-state index in [1.54, 1.807) is 0 Å². The zero-order chi connectivity index (χ0) is 13.7. The predicted octanol–water partition coefficient (Wildman–Crippen LogP) is 3.32. The van der Waals surface area contributed by atoms with E-state index in [0.29, 0.717) is 12.0 Å². The second-order valence-corrected chi connectivity index (χ2v) is 5.25. The largest absolute Gasteiger partial charge is 0.380 e. The highest BCUT2D eigenvalue weighted by Gasteiger charge is 2.13. The Labute approximate surface area is 115 Å². The lowest BCUT2D eigenvalue weighted by Crippen LogP contribution is -2.37. The van der Waals surface area contributed by atoms with E-state index in [1.165, 1.54) is 16.5 Å². The number of nitrogens with one attached hydrogen (secondary N) is 2. The van der Waals surface area contributed by atoms with Crippen LogP contribution in [0.15, 0.2) is 30.5 Å². The monoisotopic (exact) mass is 260 g/mol. The normalized spacial score (nSPS) is 13.3. The molecule has 0 aliphatic heterocycles. The van der Waals surface area contributed by atoms with E-state index in [2.05, 4.69) is 54.6 Å². The number of aromatic amines is 1. The Kier molecular flexibility index (Phi) is 5.00. The van der Waals surface area contributed by atoms with Crippen molar-refractivity contribution in [2.45, 2.75) is 33.4 Å². The fourth-order valence-corrected chi connectivity index (χ4v) is 2.25. The summed E-state index contributed by atoms with van der Waals surface area (Å²) in [5.74, 6) is 0.566. The van der Waals surface area contributed by atoms with Crippen molar-refractivity contribution in [2.75, 3.05) is 13.2 Å². The summed E-state index contributed by atoms with van der Waals surface area (Å²) < 4.78 is 5.54. The summed E-state index contributed by atoms with van der Waals surface area (Å²) >= 11 is 0. The maximum atomic E-state index is 5.54. The summed E-state index contributed by atoms with van der Waals surface area (Å²) in [6, 6.07) is 8.81. The van der Waals surface area contributed by atoms with Crippen LogP contribution in [0, 0.1) is 5.92 Å². The van der Waals surface area contributed by atoms with Crippen LogP contribution in [-0.4, -0.2) is 24.2 Å². The summed E-state index contributed by atoms with van der Waals surface area (Å²) in [7, 11) is 0. The molecule has 0 fully saturated rings. The minimum absolute atomic E-state index is 0.397. The van der Waals surface area contributed by atoms with Gasteiger partial charge in [-0.2, -0.15) is 0 Å². The standard InChI is InChI=1S/C16H24N2O/c1-4-19-11-16(12(2)3)18-10-13-9-17-15-8-6-5-7-14(13)15/h5-9,12,16-18H,4,10-11H2,1-3H3. The van der Waals surface area contributed by atoms with Gasteiger partial charge in [0.2, 0.25) is 0 Å². The van der Waals surface area contributed by atoms with Crippen LogP contribution in [0.4, 0.5) is 0 Å². The molecule has 1 aromatic heterocycles. The van der Waals surface area contributed by atoms with Crippen LogP contribution < -0.4 is 5.32 Å². The second-order valence-electron chi connectivity index (χ2n) is 5.25. The number of hydrogen-bond donors (Lipinski definition) is 2. The van der Waals surface area contributed by atoms with Crippen molar-refractivity contribution in [3.05, 3.63) is 36.0 Å². The first-order valence-electron chi connectivity index (χ1n) is 7.08. The van der Waals surface area contributed by atoms with Crippen molar-refractivity contribution in [3.63, 3.8) is 0 Å². The van der Waals surface area contributed by atoms with Crippen LogP contribution in [0.2, 0.25) is 0 Å². The first-order chi connectivity index (χ1) is 9.22. The van der Waals surface area contributed by atoms with Crippen LogP contribution in [-0.2, 0) is 11.3 Å². The van der Waals surface area contributed by atoms with Gasteiger partial charge < -0.3 is 15.0 Å². The van der Waals surface area contributed by atoms with Gasteiger partial charge in [-0.1, -0.05) is 32.0 Å². The van der Waals surface area contributed by atoms with Gasteiger partial charge in [-0.15, -0.1) is 0 Å². The molecule has 0 spiro atoms. The van der Waals surface area contributed by atoms with Gasteiger partial charge in [-0.3, -0.25) is 0 Å². The average Bonchev–Trinajstić information content (AvgIpc) is 2.82. The summed E-state index contributed by atoms with van der Waals surface area (Å²) in [6.07, 6.45) is 2.09. The topological polar surface area (TPSA) is 37.0 Å². The van der Waals surface area contributed by atoms with Crippen molar-refractivity contribution in [2.24, 2.45) is 5.92 Å². The van der Waals surface area contributed by atoms with Gasteiger partial charge in [-0.25, -0.2) is 0 Å². The number of hydrogen-bond acceptors (Lipinski definition) is 2. The lowest BCUT2D eigenvalue weighted by atomic mass is 10.0. The molecule has 1 unspecified atom stereocenters. The molecule has 0 aliphatic rings. The van der Waals surface area contributed by atoms with Crippen molar-refractivity contribution in [1.29, 1.82) is 0 Å². The zero-order valence-corrected chi connectivity index (χ0v) is 12.1. The van der Waals surface area contributed by atoms with Crippen LogP contribution in [0.3, 0.4) is 0 Å². The molecular weight excluding hydrogens is 236 g/mol. The fraction of sp³-hybridized carbons (Fsp3) is 0.500. The van der Waals surface area contributed by atoms with Crippen LogP contribution in [0.5, 0.6) is 0 Å². The number of H-pyrrole nitrogens is 1. The molecular formula is C16H24N2O. The number of para-hydroxylation sites is 1. The van der Waals surface area contributed by atoms with Gasteiger partial charge in [0, 0.05) is 36.3 Å². The van der Waals surface area contributed by atoms with E-state index in [9.17, 15) is 0 Å². The van der Waals surface area contributed by atoms with Crippen LogP contribution in [0.25, 0.3) is 10.9 Å². The molecule has 0 saturated heterocycles. The minimum Gasteiger partial charge on any atom is -0.380 e. The number of benzene rings is 1. The van der Waals surface area contributed by atoms with Gasteiger partial charge in [0.1, 0.15) is 0 Å². The quantitative estimate of drug-likeness (QED) is 0.801. The lowest BCUT2D eigenvalue weighted by molar-refractivity contribution is 0.108. The van der Waals surface area contributed by atoms with Crippen molar-refractivity contribution in [3.8, 4) is 0 Å². The molecule has 0 bridgehead atoms. The second kappa shape index (κ2) is 6.73. The highest BCUT2D eigenvalue weighted by Crippen LogP contribution is 2.17. The minimum atomic E-state index is 0.397. The Hall–Kier alpha value is -1.32. The fourth-order valence-electron chi connectivity index (χ4n) is 2.25.